The van der Waals surface area contributed by atoms with Crippen LogP contribution in [-0.4, -0.2) is 37.6 Å². The number of anilines is 1. The summed E-state index contributed by atoms with van der Waals surface area (Å²) in [6.07, 6.45) is -2.32. The lowest BCUT2D eigenvalue weighted by molar-refractivity contribution is -0.149. The number of halogens is 5. The van der Waals surface area contributed by atoms with Gasteiger partial charge in [0, 0.05) is 23.0 Å². The van der Waals surface area contributed by atoms with Crippen molar-refractivity contribution in [2.45, 2.75) is 64.1 Å². The highest BCUT2D eigenvalue weighted by molar-refractivity contribution is 6.06. The molecule has 0 bridgehead atoms. The van der Waals surface area contributed by atoms with Crippen LogP contribution in [0.4, 0.5) is 27.6 Å². The van der Waals surface area contributed by atoms with Crippen LogP contribution in [0.2, 0.25) is 0 Å². The molecule has 1 saturated carbocycles. The Morgan fingerprint density at radius 1 is 0.907 bits per heavy atom. The van der Waals surface area contributed by atoms with E-state index in [4.69, 9.17) is 14.2 Å². The monoisotopic (exact) mass is 610 g/mol. The molecule has 0 saturated heterocycles. The minimum absolute atomic E-state index is 0.0633. The van der Waals surface area contributed by atoms with E-state index in [2.05, 4.69) is 10.6 Å². The van der Waals surface area contributed by atoms with Gasteiger partial charge in [-0.15, -0.1) is 0 Å². The average molecular weight is 611 g/mol. The fraction of sp³-hybridized carbons (Fsp3) is 0.433. The number of benzene rings is 2. The molecule has 2 aliphatic carbocycles. The number of esters is 1. The SMILES string of the molecule is CCOC(=O)C1CCC(Oc2cc(C(=O)NC3=C(C(=O)Nc4ccc(F)c(C(F)(F)F)c4)CCC3)c(OC)cc2F)CC1. The summed E-state index contributed by atoms with van der Waals surface area (Å²) in [5.74, 6) is -4.46. The van der Waals surface area contributed by atoms with E-state index in [1.165, 1.54) is 13.2 Å². The normalized spacial score (nSPS) is 18.7. The molecule has 2 aromatic carbocycles. The third-order valence-corrected chi connectivity index (χ3v) is 7.37. The number of hydrogen-bond acceptors (Lipinski definition) is 6. The molecule has 2 aromatic rings. The molecule has 0 atom stereocenters. The predicted molar refractivity (Wildman–Crippen MR) is 144 cm³/mol. The minimum Gasteiger partial charge on any atom is -0.496 e. The maximum absolute atomic E-state index is 14.9. The number of methoxy groups -OCH3 is 1. The van der Waals surface area contributed by atoms with Crippen molar-refractivity contribution >= 4 is 23.5 Å². The molecule has 0 unspecified atom stereocenters. The van der Waals surface area contributed by atoms with Gasteiger partial charge >= 0.3 is 12.1 Å². The number of rotatable bonds is 9. The second kappa shape index (κ2) is 13.4. The molecule has 0 aromatic heterocycles. The first-order chi connectivity index (χ1) is 20.4. The van der Waals surface area contributed by atoms with E-state index < -0.39 is 35.2 Å². The van der Waals surface area contributed by atoms with E-state index in [0.29, 0.717) is 50.7 Å². The molecule has 0 spiro atoms. The Hall–Kier alpha value is -4.16. The summed E-state index contributed by atoms with van der Waals surface area (Å²) in [5, 5.41) is 4.97. The summed E-state index contributed by atoms with van der Waals surface area (Å²) in [6, 6.07) is 4.32. The largest absolute Gasteiger partial charge is 0.496 e. The Morgan fingerprint density at radius 3 is 2.28 bits per heavy atom. The van der Waals surface area contributed by atoms with E-state index in [0.717, 1.165) is 12.1 Å². The first kappa shape index (κ1) is 31.8. The maximum Gasteiger partial charge on any atom is 0.419 e. The molecule has 2 amide bonds. The summed E-state index contributed by atoms with van der Waals surface area (Å²) in [4.78, 5) is 38.2. The maximum atomic E-state index is 14.9. The van der Waals surface area contributed by atoms with Crippen LogP contribution in [0.5, 0.6) is 11.5 Å². The number of allylic oxidation sites excluding steroid dienone is 1. The Balaban J connectivity index is 1.48. The van der Waals surface area contributed by atoms with E-state index in [9.17, 15) is 36.3 Å². The van der Waals surface area contributed by atoms with Crippen LogP contribution in [-0.2, 0) is 20.5 Å². The molecule has 0 aliphatic heterocycles. The molecule has 0 radical (unpaired) electrons. The third kappa shape index (κ3) is 7.63. The third-order valence-electron chi connectivity index (χ3n) is 7.37. The molecule has 43 heavy (non-hydrogen) atoms. The lowest BCUT2D eigenvalue weighted by Crippen LogP contribution is -2.29. The molecular weight excluding hydrogens is 579 g/mol. The van der Waals surface area contributed by atoms with Crippen molar-refractivity contribution in [1.29, 1.82) is 0 Å². The smallest absolute Gasteiger partial charge is 0.419 e. The van der Waals surface area contributed by atoms with Gasteiger partial charge < -0.3 is 24.8 Å². The molecule has 13 heteroatoms. The quantitative estimate of drug-likeness (QED) is 0.255. The van der Waals surface area contributed by atoms with Gasteiger partial charge in [0.2, 0.25) is 0 Å². The number of amides is 2. The standard InChI is InChI=1S/C30H31F5N2O6/c1-3-42-29(40)16-7-10-18(11-8-16)43-26-14-20(25(41-2)15-23(26)32)28(39)37-24-6-4-5-19(24)27(38)36-17-9-12-22(31)21(13-17)30(33,34)35/h9,12-16,18H,3-8,10-11H2,1-2H3,(H,36,38)(H,37,39). The first-order valence-electron chi connectivity index (χ1n) is 13.8. The van der Waals surface area contributed by atoms with Gasteiger partial charge in [-0.2, -0.15) is 13.2 Å². The Morgan fingerprint density at radius 2 is 1.63 bits per heavy atom. The Kier molecular flexibility index (Phi) is 9.92. The van der Waals surface area contributed by atoms with Crippen molar-refractivity contribution in [3.05, 3.63) is 64.4 Å². The molecular formula is C30H31F5N2O6. The van der Waals surface area contributed by atoms with Gasteiger partial charge in [0.25, 0.3) is 11.8 Å². The number of carbonyl (C=O) groups is 3. The van der Waals surface area contributed by atoms with Gasteiger partial charge in [-0.1, -0.05) is 0 Å². The van der Waals surface area contributed by atoms with Crippen molar-refractivity contribution in [1.82, 2.24) is 5.32 Å². The van der Waals surface area contributed by atoms with Crippen molar-refractivity contribution < 1.29 is 50.5 Å². The Bertz CT molecular complexity index is 1420. The van der Waals surface area contributed by atoms with Crippen LogP contribution in [0.3, 0.4) is 0 Å². The average Bonchev–Trinajstić information content (AvgIpc) is 3.43. The van der Waals surface area contributed by atoms with Crippen LogP contribution in [0.25, 0.3) is 0 Å². The Labute approximate surface area is 244 Å². The highest BCUT2D eigenvalue weighted by Crippen LogP contribution is 2.35. The van der Waals surface area contributed by atoms with Gasteiger partial charge in [0.05, 0.1) is 36.9 Å². The minimum atomic E-state index is -4.95. The molecule has 0 heterocycles. The fourth-order valence-electron chi connectivity index (χ4n) is 5.19. The lowest BCUT2D eigenvalue weighted by atomic mass is 9.87. The van der Waals surface area contributed by atoms with E-state index in [-0.39, 0.29) is 65.0 Å². The topological polar surface area (TPSA) is 103 Å². The van der Waals surface area contributed by atoms with E-state index in [1.807, 2.05) is 0 Å². The summed E-state index contributed by atoms with van der Waals surface area (Å²) in [7, 11) is 1.26. The number of ether oxygens (including phenoxy) is 3. The van der Waals surface area contributed by atoms with Gasteiger partial charge in [-0.25, -0.2) is 8.78 Å². The number of nitrogens with one attached hydrogen (secondary N) is 2. The fourth-order valence-corrected chi connectivity index (χ4v) is 5.19. The highest BCUT2D eigenvalue weighted by Gasteiger charge is 2.35. The zero-order chi connectivity index (χ0) is 31.3. The van der Waals surface area contributed by atoms with E-state index in [1.54, 1.807) is 6.92 Å². The molecule has 232 valence electrons. The zero-order valence-corrected chi connectivity index (χ0v) is 23.5. The van der Waals surface area contributed by atoms with Crippen molar-refractivity contribution in [2.75, 3.05) is 19.0 Å². The molecule has 1 fully saturated rings. The van der Waals surface area contributed by atoms with Gasteiger partial charge in [-0.05, 0) is 76.1 Å². The highest BCUT2D eigenvalue weighted by atomic mass is 19.4. The molecule has 8 nitrogen and oxygen atoms in total. The van der Waals surface area contributed by atoms with Crippen LogP contribution in [0.15, 0.2) is 41.6 Å². The second-order valence-electron chi connectivity index (χ2n) is 10.2. The van der Waals surface area contributed by atoms with E-state index >= 15 is 0 Å². The lowest BCUT2D eigenvalue weighted by Gasteiger charge is -2.28. The second-order valence-corrected chi connectivity index (χ2v) is 10.2. The van der Waals surface area contributed by atoms with Crippen molar-refractivity contribution in [3.8, 4) is 11.5 Å². The van der Waals surface area contributed by atoms with Gasteiger partial charge in [0.1, 0.15) is 11.6 Å². The van der Waals surface area contributed by atoms with Crippen LogP contribution >= 0.6 is 0 Å². The molecule has 2 aliphatic rings. The summed E-state index contributed by atoms with van der Waals surface area (Å²) >= 11 is 0. The number of alkyl halides is 3. The van der Waals surface area contributed by atoms with Crippen molar-refractivity contribution in [2.24, 2.45) is 5.92 Å². The summed E-state index contributed by atoms with van der Waals surface area (Å²) in [6.45, 7) is 2.02. The van der Waals surface area contributed by atoms with Crippen LogP contribution < -0.4 is 20.1 Å². The zero-order valence-electron chi connectivity index (χ0n) is 23.5. The molecule has 2 N–H and O–H groups in total. The van der Waals surface area contributed by atoms with Crippen LogP contribution in [0, 0.1) is 17.6 Å². The van der Waals surface area contributed by atoms with Crippen molar-refractivity contribution in [3.63, 3.8) is 0 Å². The summed E-state index contributed by atoms with van der Waals surface area (Å²) < 4.78 is 83.9. The van der Waals surface area contributed by atoms with Gasteiger partial charge in [-0.3, -0.25) is 14.4 Å². The van der Waals surface area contributed by atoms with Crippen LogP contribution in [0.1, 0.15) is 67.8 Å². The van der Waals surface area contributed by atoms with Gasteiger partial charge in [0.15, 0.2) is 11.6 Å². The molecule has 4 rings (SSSR count). The predicted octanol–water partition coefficient (Wildman–Crippen LogP) is 6.30. The first-order valence-corrected chi connectivity index (χ1v) is 13.8. The number of hydrogen-bond donors (Lipinski definition) is 2. The summed E-state index contributed by atoms with van der Waals surface area (Å²) in [5.41, 5.74) is -1.46. The number of carbonyl (C=O) groups excluding carboxylic acids is 3.